The summed E-state index contributed by atoms with van der Waals surface area (Å²) in [5.74, 6) is -2.21. The number of nitrogens with zero attached hydrogens (tertiary/aromatic N) is 1. The number of anilines is 1. The SMILES string of the molecule is CC(C)(C)OC(=O)NCc1ncc(NC(=O)OC(C)(C)C)c(OC(F)F)c1F. The van der Waals surface area contributed by atoms with Crippen LogP contribution >= 0.6 is 0 Å². The summed E-state index contributed by atoms with van der Waals surface area (Å²) in [5.41, 5.74) is -2.48. The first-order valence-corrected chi connectivity index (χ1v) is 8.27. The zero-order valence-corrected chi connectivity index (χ0v) is 16.5. The summed E-state index contributed by atoms with van der Waals surface area (Å²) < 4.78 is 54.1. The molecule has 1 aromatic rings. The largest absolute Gasteiger partial charge is 0.444 e. The van der Waals surface area contributed by atoms with E-state index in [1.165, 1.54) is 0 Å². The Hall–Kier alpha value is -2.72. The summed E-state index contributed by atoms with van der Waals surface area (Å²) in [7, 11) is 0. The molecule has 1 rings (SSSR count). The molecule has 11 heteroatoms. The average Bonchev–Trinajstić information content (AvgIpc) is 2.46. The van der Waals surface area contributed by atoms with Crippen LogP contribution in [-0.2, 0) is 16.0 Å². The van der Waals surface area contributed by atoms with Gasteiger partial charge in [-0.1, -0.05) is 0 Å². The molecule has 0 aromatic carbocycles. The summed E-state index contributed by atoms with van der Waals surface area (Å²) in [5, 5.41) is 4.35. The second-order valence-electron chi connectivity index (χ2n) is 7.62. The first-order valence-electron chi connectivity index (χ1n) is 8.27. The van der Waals surface area contributed by atoms with Crippen molar-refractivity contribution >= 4 is 17.9 Å². The van der Waals surface area contributed by atoms with Crippen LogP contribution < -0.4 is 15.4 Å². The maximum atomic E-state index is 14.6. The number of rotatable bonds is 5. The Morgan fingerprint density at radius 3 is 2.11 bits per heavy atom. The van der Waals surface area contributed by atoms with Gasteiger partial charge in [-0.25, -0.2) is 14.0 Å². The molecule has 0 spiro atoms. The number of aromatic nitrogens is 1. The predicted octanol–water partition coefficient (Wildman–Crippen LogP) is 4.19. The topological polar surface area (TPSA) is 98.8 Å². The zero-order chi connectivity index (χ0) is 21.7. The molecule has 28 heavy (non-hydrogen) atoms. The lowest BCUT2D eigenvalue weighted by molar-refractivity contribution is -0.0519. The Bertz CT molecular complexity index is 715. The number of hydrogen-bond acceptors (Lipinski definition) is 6. The first-order chi connectivity index (χ1) is 12.7. The maximum Gasteiger partial charge on any atom is 0.412 e. The molecule has 1 aromatic heterocycles. The second kappa shape index (κ2) is 8.98. The summed E-state index contributed by atoms with van der Waals surface area (Å²) in [6, 6.07) is 0. The monoisotopic (exact) mass is 407 g/mol. The molecule has 158 valence electrons. The third-order valence-electron chi connectivity index (χ3n) is 2.69. The van der Waals surface area contributed by atoms with Crippen LogP contribution in [0, 0.1) is 5.82 Å². The quantitative estimate of drug-likeness (QED) is 0.759. The van der Waals surface area contributed by atoms with Crippen molar-refractivity contribution in [1.82, 2.24) is 10.3 Å². The van der Waals surface area contributed by atoms with Crippen LogP contribution in [0.15, 0.2) is 6.20 Å². The summed E-state index contributed by atoms with van der Waals surface area (Å²) in [6.07, 6.45) is -0.940. The fourth-order valence-electron chi connectivity index (χ4n) is 1.81. The minimum Gasteiger partial charge on any atom is -0.444 e. The molecule has 0 aliphatic carbocycles. The molecule has 0 saturated carbocycles. The van der Waals surface area contributed by atoms with Crippen molar-refractivity contribution in [1.29, 1.82) is 0 Å². The van der Waals surface area contributed by atoms with E-state index in [2.05, 4.69) is 20.4 Å². The minimum absolute atomic E-state index is 0.392. The molecule has 0 bridgehead atoms. The normalized spacial score (nSPS) is 11.8. The van der Waals surface area contributed by atoms with Gasteiger partial charge in [0.25, 0.3) is 0 Å². The van der Waals surface area contributed by atoms with Gasteiger partial charge in [0.1, 0.15) is 16.9 Å². The number of alkyl carbamates (subject to hydrolysis) is 1. The molecule has 0 radical (unpaired) electrons. The van der Waals surface area contributed by atoms with E-state index in [-0.39, 0.29) is 0 Å². The highest BCUT2D eigenvalue weighted by Crippen LogP contribution is 2.31. The number of alkyl halides is 2. The van der Waals surface area contributed by atoms with Gasteiger partial charge in [0.15, 0.2) is 11.6 Å². The molecule has 8 nitrogen and oxygen atoms in total. The van der Waals surface area contributed by atoms with Gasteiger partial charge in [-0.15, -0.1) is 0 Å². The van der Waals surface area contributed by atoms with E-state index in [1.54, 1.807) is 41.5 Å². The van der Waals surface area contributed by atoms with Gasteiger partial charge in [-0.2, -0.15) is 8.78 Å². The van der Waals surface area contributed by atoms with E-state index in [1.807, 2.05) is 0 Å². The first kappa shape index (κ1) is 23.3. The summed E-state index contributed by atoms with van der Waals surface area (Å²) in [6.45, 7) is 5.87. The van der Waals surface area contributed by atoms with Gasteiger partial charge in [0.2, 0.25) is 0 Å². The number of amides is 2. The third-order valence-corrected chi connectivity index (χ3v) is 2.69. The van der Waals surface area contributed by atoms with Crippen molar-refractivity contribution in [3.63, 3.8) is 0 Å². The lowest BCUT2D eigenvalue weighted by atomic mass is 10.2. The molecule has 0 aliphatic heterocycles. The van der Waals surface area contributed by atoms with E-state index in [0.29, 0.717) is 0 Å². The second-order valence-corrected chi connectivity index (χ2v) is 7.62. The maximum absolute atomic E-state index is 14.6. The van der Waals surface area contributed by atoms with Crippen molar-refractivity contribution in [2.75, 3.05) is 5.32 Å². The predicted molar refractivity (Wildman–Crippen MR) is 93.8 cm³/mol. The van der Waals surface area contributed by atoms with E-state index >= 15 is 0 Å². The molecule has 0 aliphatic rings. The van der Waals surface area contributed by atoms with Crippen molar-refractivity contribution in [2.45, 2.75) is 65.9 Å². The Morgan fingerprint density at radius 1 is 1.07 bits per heavy atom. The highest BCUT2D eigenvalue weighted by atomic mass is 19.3. The third kappa shape index (κ3) is 8.31. The van der Waals surface area contributed by atoms with Crippen molar-refractivity contribution in [3.8, 4) is 5.75 Å². The van der Waals surface area contributed by atoms with Crippen LogP contribution in [0.1, 0.15) is 47.2 Å². The molecular formula is C17H24F3N3O5. The molecule has 0 saturated heterocycles. The van der Waals surface area contributed by atoms with Crippen LogP contribution in [0.3, 0.4) is 0 Å². The van der Waals surface area contributed by atoms with Crippen LogP contribution in [0.25, 0.3) is 0 Å². The number of ether oxygens (including phenoxy) is 3. The highest BCUT2D eigenvalue weighted by molar-refractivity contribution is 5.86. The number of nitrogens with one attached hydrogen (secondary N) is 2. The molecule has 2 N–H and O–H groups in total. The smallest absolute Gasteiger partial charge is 0.412 e. The van der Waals surface area contributed by atoms with Crippen molar-refractivity contribution in [3.05, 3.63) is 17.7 Å². The van der Waals surface area contributed by atoms with E-state index < -0.39 is 59.5 Å². The van der Waals surface area contributed by atoms with Gasteiger partial charge >= 0.3 is 18.8 Å². The van der Waals surface area contributed by atoms with Crippen LogP contribution in [0.5, 0.6) is 5.75 Å². The molecule has 1 heterocycles. The number of hydrogen-bond donors (Lipinski definition) is 2. The lowest BCUT2D eigenvalue weighted by Gasteiger charge is -2.21. The lowest BCUT2D eigenvalue weighted by Crippen LogP contribution is -2.32. The average molecular weight is 407 g/mol. The Labute approximate surface area is 160 Å². The molecule has 0 fully saturated rings. The molecule has 0 unspecified atom stereocenters. The number of carbonyl (C=O) groups is 2. The van der Waals surface area contributed by atoms with E-state index in [9.17, 15) is 22.8 Å². The highest BCUT2D eigenvalue weighted by Gasteiger charge is 2.24. The van der Waals surface area contributed by atoms with Crippen LogP contribution in [0.2, 0.25) is 0 Å². The van der Waals surface area contributed by atoms with E-state index in [4.69, 9.17) is 9.47 Å². The summed E-state index contributed by atoms with van der Waals surface area (Å²) in [4.78, 5) is 27.2. The van der Waals surface area contributed by atoms with Crippen LogP contribution in [-0.4, -0.2) is 35.0 Å². The van der Waals surface area contributed by atoms with Crippen molar-refractivity contribution in [2.24, 2.45) is 0 Å². The number of halogens is 3. The summed E-state index contributed by atoms with van der Waals surface area (Å²) >= 11 is 0. The number of pyridine rings is 1. The Kier molecular flexibility index (Phi) is 7.48. The number of carbonyl (C=O) groups excluding carboxylic acids is 2. The fourth-order valence-corrected chi connectivity index (χ4v) is 1.81. The van der Waals surface area contributed by atoms with Gasteiger partial charge in [-0.05, 0) is 41.5 Å². The van der Waals surface area contributed by atoms with Gasteiger partial charge in [0.05, 0.1) is 18.4 Å². The van der Waals surface area contributed by atoms with E-state index in [0.717, 1.165) is 6.20 Å². The zero-order valence-electron chi connectivity index (χ0n) is 16.5. The van der Waals surface area contributed by atoms with Gasteiger partial charge in [-0.3, -0.25) is 10.3 Å². The van der Waals surface area contributed by atoms with Gasteiger partial charge in [0, 0.05) is 0 Å². The van der Waals surface area contributed by atoms with Crippen molar-refractivity contribution < 1.29 is 37.0 Å². The molecule has 2 amide bonds. The molecule has 0 atom stereocenters. The fraction of sp³-hybridized carbons (Fsp3) is 0.588. The Balaban J connectivity index is 3.01. The van der Waals surface area contributed by atoms with Crippen LogP contribution in [0.4, 0.5) is 28.4 Å². The molecular weight excluding hydrogens is 383 g/mol. The Morgan fingerprint density at radius 2 is 1.61 bits per heavy atom. The van der Waals surface area contributed by atoms with Gasteiger partial charge < -0.3 is 19.5 Å². The standard InChI is InChI=1S/C17H24F3N3O5/c1-16(2,3)27-14(24)22-7-9-11(18)12(26-13(19)20)10(8-21-9)23-15(25)28-17(4,5)6/h8,13H,7H2,1-6H3,(H,22,24)(H,23,25). The minimum atomic E-state index is -3.36.